The normalized spacial score (nSPS) is 15.7. The van der Waals surface area contributed by atoms with Gasteiger partial charge in [-0.2, -0.15) is 0 Å². The topological polar surface area (TPSA) is 61.4 Å². The number of likely N-dealkylation sites (N-methyl/N-ethyl adjacent to an activating group) is 1. The summed E-state index contributed by atoms with van der Waals surface area (Å²) in [6, 6.07) is 5.31. The van der Waals surface area contributed by atoms with Gasteiger partial charge in [0.25, 0.3) is 0 Å². The largest absolute Gasteiger partial charge is 0.385 e. The van der Waals surface area contributed by atoms with Crippen LogP contribution in [0.4, 0.5) is 5.69 Å². The summed E-state index contributed by atoms with van der Waals surface area (Å²) in [6.45, 7) is 5.34. The minimum atomic E-state index is -3.46. The van der Waals surface area contributed by atoms with Crippen LogP contribution in [0.3, 0.4) is 0 Å². The van der Waals surface area contributed by atoms with E-state index in [2.05, 4.69) is 10.0 Å². The molecular weight excluding hydrogens is 286 g/mol. The molecule has 21 heavy (non-hydrogen) atoms. The van der Waals surface area contributed by atoms with Gasteiger partial charge in [0.15, 0.2) is 0 Å². The van der Waals surface area contributed by atoms with Gasteiger partial charge in [0.2, 0.25) is 10.0 Å². The van der Waals surface area contributed by atoms with Gasteiger partial charge < -0.3 is 10.2 Å². The molecule has 1 heterocycles. The Labute approximate surface area is 127 Å². The lowest BCUT2D eigenvalue weighted by Gasteiger charge is -2.32. The molecule has 0 radical (unpaired) electrons. The zero-order valence-electron chi connectivity index (χ0n) is 13.2. The molecule has 6 heteroatoms. The van der Waals surface area contributed by atoms with E-state index < -0.39 is 10.0 Å². The van der Waals surface area contributed by atoms with Gasteiger partial charge in [-0.25, -0.2) is 13.1 Å². The molecule has 0 spiro atoms. The van der Waals surface area contributed by atoms with Crippen LogP contribution < -0.4 is 10.0 Å². The minimum Gasteiger partial charge on any atom is -0.385 e. The van der Waals surface area contributed by atoms with Gasteiger partial charge in [-0.15, -0.1) is 0 Å². The van der Waals surface area contributed by atoms with Crippen LogP contribution in [0.1, 0.15) is 25.8 Å². The quantitative estimate of drug-likeness (QED) is 0.868. The molecule has 0 unspecified atom stereocenters. The maximum Gasteiger partial charge on any atom is 0.240 e. The van der Waals surface area contributed by atoms with Crippen molar-refractivity contribution in [3.8, 4) is 0 Å². The first-order valence-corrected chi connectivity index (χ1v) is 8.75. The summed E-state index contributed by atoms with van der Waals surface area (Å²) < 4.78 is 27.6. The molecule has 0 bridgehead atoms. The van der Waals surface area contributed by atoms with E-state index in [0.717, 1.165) is 30.6 Å². The van der Waals surface area contributed by atoms with Gasteiger partial charge in [0, 0.05) is 24.3 Å². The third kappa shape index (κ3) is 3.75. The van der Waals surface area contributed by atoms with Crippen LogP contribution in [0.5, 0.6) is 0 Å². The number of benzene rings is 1. The SMILES string of the molecule is CN(C)C(C)(C)CNS(=O)(=O)c1ccc2c(c1)CCCN2. The number of hydrogen-bond acceptors (Lipinski definition) is 4. The Kier molecular flexibility index (Phi) is 4.60. The molecule has 0 atom stereocenters. The third-order valence-electron chi connectivity index (χ3n) is 4.23. The maximum absolute atomic E-state index is 12.4. The summed E-state index contributed by atoms with van der Waals surface area (Å²) in [6.07, 6.45) is 1.96. The Morgan fingerprint density at radius 3 is 2.71 bits per heavy atom. The standard InChI is InChI=1S/C15H25N3O2S/c1-15(2,18(3)4)11-17-21(19,20)13-7-8-14-12(10-13)6-5-9-16-14/h7-8,10,16-17H,5-6,9,11H2,1-4H3. The lowest BCUT2D eigenvalue weighted by Crippen LogP contribution is -2.48. The molecule has 0 saturated carbocycles. The molecule has 2 N–H and O–H groups in total. The third-order valence-corrected chi connectivity index (χ3v) is 5.63. The van der Waals surface area contributed by atoms with Crippen molar-refractivity contribution in [3.05, 3.63) is 23.8 Å². The first-order chi connectivity index (χ1) is 9.72. The van der Waals surface area contributed by atoms with Gasteiger partial charge in [-0.1, -0.05) is 0 Å². The molecule has 118 valence electrons. The van der Waals surface area contributed by atoms with Crippen molar-refractivity contribution in [1.29, 1.82) is 0 Å². The van der Waals surface area contributed by atoms with Crippen molar-refractivity contribution in [2.24, 2.45) is 0 Å². The second-order valence-corrected chi connectivity index (χ2v) is 8.15. The second kappa shape index (κ2) is 5.94. The van der Waals surface area contributed by atoms with Gasteiger partial charge in [-0.05, 0) is 64.5 Å². The Hall–Kier alpha value is -1.11. The number of hydrogen-bond donors (Lipinski definition) is 2. The number of nitrogens with one attached hydrogen (secondary N) is 2. The molecular formula is C15H25N3O2S. The summed E-state index contributed by atoms with van der Waals surface area (Å²) in [7, 11) is 0.422. The highest BCUT2D eigenvalue weighted by atomic mass is 32.2. The molecule has 5 nitrogen and oxygen atoms in total. The smallest absolute Gasteiger partial charge is 0.240 e. The fraction of sp³-hybridized carbons (Fsp3) is 0.600. The number of anilines is 1. The highest BCUT2D eigenvalue weighted by Gasteiger charge is 2.24. The lowest BCUT2D eigenvalue weighted by molar-refractivity contribution is 0.199. The van der Waals surface area contributed by atoms with Crippen LogP contribution in [0.25, 0.3) is 0 Å². The molecule has 0 aromatic heterocycles. The predicted molar refractivity (Wildman–Crippen MR) is 86.2 cm³/mol. The Morgan fingerprint density at radius 1 is 1.33 bits per heavy atom. The van der Waals surface area contributed by atoms with Crippen LogP contribution >= 0.6 is 0 Å². The molecule has 0 saturated heterocycles. The Balaban J connectivity index is 2.16. The summed E-state index contributed by atoms with van der Waals surface area (Å²) in [5, 5.41) is 3.29. The Bertz CT molecular complexity index is 609. The molecule has 1 aliphatic heterocycles. The van der Waals surface area contributed by atoms with Gasteiger partial charge in [0.1, 0.15) is 0 Å². The van der Waals surface area contributed by atoms with E-state index in [1.165, 1.54) is 0 Å². The van der Waals surface area contributed by atoms with E-state index in [0.29, 0.717) is 11.4 Å². The minimum absolute atomic E-state index is 0.233. The van der Waals surface area contributed by atoms with E-state index in [4.69, 9.17) is 0 Å². The molecule has 1 aromatic carbocycles. The number of sulfonamides is 1. The van der Waals surface area contributed by atoms with E-state index in [1.807, 2.05) is 38.9 Å². The van der Waals surface area contributed by atoms with E-state index in [9.17, 15) is 8.42 Å². The molecule has 0 amide bonds. The summed E-state index contributed by atoms with van der Waals surface area (Å²) in [5.74, 6) is 0. The van der Waals surface area contributed by atoms with Gasteiger partial charge in [-0.3, -0.25) is 0 Å². The number of aryl methyl sites for hydroxylation is 1. The predicted octanol–water partition coefficient (Wildman–Crippen LogP) is 1.66. The number of fused-ring (bicyclic) bond motifs is 1. The molecule has 0 aliphatic carbocycles. The van der Waals surface area contributed by atoms with E-state index >= 15 is 0 Å². The summed E-state index contributed by atoms with van der Waals surface area (Å²) in [5.41, 5.74) is 1.90. The molecule has 0 fully saturated rings. The highest BCUT2D eigenvalue weighted by Crippen LogP contribution is 2.25. The van der Waals surface area contributed by atoms with E-state index in [1.54, 1.807) is 12.1 Å². The zero-order valence-corrected chi connectivity index (χ0v) is 14.0. The summed E-state index contributed by atoms with van der Waals surface area (Å²) in [4.78, 5) is 2.35. The molecule has 2 rings (SSSR count). The van der Waals surface area contributed by atoms with Crippen molar-refractivity contribution in [2.75, 3.05) is 32.5 Å². The van der Waals surface area contributed by atoms with Crippen LogP contribution in [-0.4, -0.2) is 46.0 Å². The van der Waals surface area contributed by atoms with Crippen molar-refractivity contribution in [3.63, 3.8) is 0 Å². The van der Waals surface area contributed by atoms with Crippen LogP contribution in [-0.2, 0) is 16.4 Å². The number of nitrogens with zero attached hydrogens (tertiary/aromatic N) is 1. The van der Waals surface area contributed by atoms with Gasteiger partial charge >= 0.3 is 0 Å². The zero-order chi connectivity index (χ0) is 15.7. The maximum atomic E-state index is 12.4. The van der Waals surface area contributed by atoms with Crippen LogP contribution in [0.15, 0.2) is 23.1 Å². The van der Waals surface area contributed by atoms with E-state index in [-0.39, 0.29) is 5.54 Å². The Morgan fingerprint density at radius 2 is 2.05 bits per heavy atom. The fourth-order valence-corrected chi connectivity index (χ4v) is 3.39. The fourth-order valence-electron chi connectivity index (χ4n) is 2.13. The van der Waals surface area contributed by atoms with Crippen molar-refractivity contribution in [1.82, 2.24) is 9.62 Å². The van der Waals surface area contributed by atoms with Crippen LogP contribution in [0.2, 0.25) is 0 Å². The average molecular weight is 311 g/mol. The first-order valence-electron chi connectivity index (χ1n) is 7.26. The molecule has 1 aromatic rings. The highest BCUT2D eigenvalue weighted by molar-refractivity contribution is 7.89. The number of rotatable bonds is 5. The average Bonchev–Trinajstić information content (AvgIpc) is 2.45. The lowest BCUT2D eigenvalue weighted by atomic mass is 10.0. The van der Waals surface area contributed by atoms with Crippen molar-refractivity contribution >= 4 is 15.7 Å². The second-order valence-electron chi connectivity index (χ2n) is 6.38. The van der Waals surface area contributed by atoms with Crippen molar-refractivity contribution in [2.45, 2.75) is 37.1 Å². The monoisotopic (exact) mass is 311 g/mol. The summed E-state index contributed by atoms with van der Waals surface area (Å²) >= 11 is 0. The molecule has 1 aliphatic rings. The van der Waals surface area contributed by atoms with Crippen molar-refractivity contribution < 1.29 is 8.42 Å². The van der Waals surface area contributed by atoms with Crippen LogP contribution in [0, 0.1) is 0 Å². The first kappa shape index (κ1) is 16.3. The van der Waals surface area contributed by atoms with Gasteiger partial charge in [0.05, 0.1) is 4.90 Å².